The smallest absolute Gasteiger partial charge is 0.0309 e. The second kappa shape index (κ2) is 6.23. The lowest BCUT2D eigenvalue weighted by Crippen LogP contribution is -2.63. The van der Waals surface area contributed by atoms with Crippen LogP contribution in [0.3, 0.4) is 0 Å². The maximum atomic E-state index is 4.23. The first-order chi connectivity index (χ1) is 9.81. The molecule has 1 aliphatic carbocycles. The molecule has 3 rings (SSSR count). The number of pyridine rings is 1. The van der Waals surface area contributed by atoms with Gasteiger partial charge in [-0.2, -0.15) is 0 Å². The molecule has 2 heterocycles. The van der Waals surface area contributed by atoms with Crippen LogP contribution in [-0.4, -0.2) is 41.1 Å². The Hall–Kier alpha value is -0.930. The van der Waals surface area contributed by atoms with Crippen LogP contribution in [0.15, 0.2) is 24.5 Å². The summed E-state index contributed by atoms with van der Waals surface area (Å²) >= 11 is 0. The highest BCUT2D eigenvalue weighted by Crippen LogP contribution is 2.33. The number of rotatable bonds is 4. The van der Waals surface area contributed by atoms with Crippen LogP contribution < -0.4 is 5.32 Å². The largest absolute Gasteiger partial charge is 0.308 e. The summed E-state index contributed by atoms with van der Waals surface area (Å²) in [5, 5.41) is 3.87. The molecular weight excluding hydrogens is 246 g/mol. The van der Waals surface area contributed by atoms with Crippen molar-refractivity contribution >= 4 is 0 Å². The molecule has 3 nitrogen and oxygen atoms in total. The molecule has 1 unspecified atom stereocenters. The Bertz CT molecular complexity index is 412. The molecule has 2 aliphatic rings. The molecule has 1 atom stereocenters. The van der Waals surface area contributed by atoms with Crippen molar-refractivity contribution in [1.82, 2.24) is 15.2 Å². The molecule has 1 aromatic rings. The Morgan fingerprint density at radius 1 is 1.40 bits per heavy atom. The minimum Gasteiger partial charge on any atom is -0.308 e. The number of hydrogen-bond donors (Lipinski definition) is 1. The first-order valence-corrected chi connectivity index (χ1v) is 8.19. The topological polar surface area (TPSA) is 28.2 Å². The van der Waals surface area contributed by atoms with Gasteiger partial charge in [0.05, 0.1) is 0 Å². The maximum Gasteiger partial charge on any atom is 0.0309 e. The van der Waals surface area contributed by atoms with Gasteiger partial charge in [-0.25, -0.2) is 0 Å². The highest BCUT2D eigenvalue weighted by molar-refractivity contribution is 5.09. The first kappa shape index (κ1) is 14.0. The van der Waals surface area contributed by atoms with Gasteiger partial charge in [-0.15, -0.1) is 0 Å². The predicted molar refractivity (Wildman–Crippen MR) is 82.8 cm³/mol. The highest BCUT2D eigenvalue weighted by Gasteiger charge is 2.40. The summed E-state index contributed by atoms with van der Waals surface area (Å²) in [6.07, 6.45) is 11.8. The van der Waals surface area contributed by atoms with Gasteiger partial charge in [-0.1, -0.05) is 25.8 Å². The van der Waals surface area contributed by atoms with Crippen LogP contribution in [0.25, 0.3) is 0 Å². The van der Waals surface area contributed by atoms with Gasteiger partial charge in [0.2, 0.25) is 0 Å². The summed E-state index contributed by atoms with van der Waals surface area (Å²) in [7, 11) is 0. The third-order valence-corrected chi connectivity index (χ3v) is 5.18. The summed E-state index contributed by atoms with van der Waals surface area (Å²) < 4.78 is 0. The third kappa shape index (κ3) is 3.04. The van der Waals surface area contributed by atoms with Gasteiger partial charge in [0.25, 0.3) is 0 Å². The van der Waals surface area contributed by atoms with E-state index in [0.29, 0.717) is 11.6 Å². The summed E-state index contributed by atoms with van der Waals surface area (Å²) in [5.74, 6) is 0. The molecule has 0 bridgehead atoms. The number of aromatic nitrogens is 1. The number of nitrogens with zero attached hydrogens (tertiary/aromatic N) is 2. The van der Waals surface area contributed by atoms with E-state index in [-0.39, 0.29) is 0 Å². The van der Waals surface area contributed by atoms with Crippen LogP contribution in [0.1, 0.15) is 44.6 Å². The van der Waals surface area contributed by atoms with Gasteiger partial charge in [-0.05, 0) is 37.3 Å². The van der Waals surface area contributed by atoms with Crippen molar-refractivity contribution in [1.29, 1.82) is 0 Å². The molecule has 2 fully saturated rings. The molecular formula is C17H27N3. The van der Waals surface area contributed by atoms with Gasteiger partial charge in [0.1, 0.15) is 0 Å². The van der Waals surface area contributed by atoms with Gasteiger partial charge < -0.3 is 5.32 Å². The summed E-state index contributed by atoms with van der Waals surface area (Å²) in [6.45, 7) is 5.90. The average Bonchev–Trinajstić information content (AvgIpc) is 2.94. The Kier molecular flexibility index (Phi) is 4.37. The zero-order chi connectivity index (χ0) is 13.8. The zero-order valence-corrected chi connectivity index (χ0v) is 12.6. The SMILES string of the molecule is CCC1CNC2(CCCC2)CN1CCc1cccnc1. The van der Waals surface area contributed by atoms with Crippen LogP contribution in [0, 0.1) is 0 Å². The Labute approximate surface area is 122 Å². The van der Waals surface area contributed by atoms with Gasteiger partial charge in [0, 0.05) is 43.6 Å². The monoisotopic (exact) mass is 273 g/mol. The Balaban J connectivity index is 1.62. The van der Waals surface area contributed by atoms with E-state index in [4.69, 9.17) is 0 Å². The third-order valence-electron chi connectivity index (χ3n) is 5.18. The van der Waals surface area contributed by atoms with Crippen LogP contribution in [0.5, 0.6) is 0 Å². The van der Waals surface area contributed by atoms with Crippen LogP contribution >= 0.6 is 0 Å². The summed E-state index contributed by atoms with van der Waals surface area (Å²) in [4.78, 5) is 6.96. The Morgan fingerprint density at radius 3 is 2.95 bits per heavy atom. The van der Waals surface area contributed by atoms with Crippen molar-refractivity contribution in [3.8, 4) is 0 Å². The molecule has 1 aliphatic heterocycles. The fourth-order valence-corrected chi connectivity index (χ4v) is 3.91. The van der Waals surface area contributed by atoms with Crippen molar-refractivity contribution in [2.45, 2.75) is 57.0 Å². The molecule has 0 radical (unpaired) electrons. The second-order valence-electron chi connectivity index (χ2n) is 6.51. The van der Waals surface area contributed by atoms with E-state index in [1.54, 1.807) is 0 Å². The highest BCUT2D eigenvalue weighted by atomic mass is 15.3. The lowest BCUT2D eigenvalue weighted by molar-refractivity contribution is 0.0794. The molecule has 0 aromatic carbocycles. The number of piperazine rings is 1. The standard InChI is InChI=1S/C17H27N3/c1-2-16-13-19-17(8-3-4-9-17)14-20(16)11-7-15-6-5-10-18-12-15/h5-6,10,12,16,19H,2-4,7-9,11,13-14H2,1H3. The number of nitrogens with one attached hydrogen (secondary N) is 1. The van der Waals surface area contributed by atoms with E-state index >= 15 is 0 Å². The van der Waals surface area contributed by atoms with Crippen LogP contribution in [0.4, 0.5) is 0 Å². The number of hydrogen-bond acceptors (Lipinski definition) is 3. The fraction of sp³-hybridized carbons (Fsp3) is 0.706. The Morgan fingerprint density at radius 2 is 2.25 bits per heavy atom. The van der Waals surface area contributed by atoms with Crippen molar-refractivity contribution in [3.63, 3.8) is 0 Å². The zero-order valence-electron chi connectivity index (χ0n) is 12.6. The van der Waals surface area contributed by atoms with E-state index in [1.165, 1.54) is 57.3 Å². The van der Waals surface area contributed by atoms with Crippen molar-refractivity contribution in [3.05, 3.63) is 30.1 Å². The van der Waals surface area contributed by atoms with Crippen LogP contribution in [0.2, 0.25) is 0 Å². The molecule has 3 heteroatoms. The lowest BCUT2D eigenvalue weighted by Gasteiger charge is -2.46. The summed E-state index contributed by atoms with van der Waals surface area (Å²) in [6, 6.07) is 4.95. The first-order valence-electron chi connectivity index (χ1n) is 8.19. The fourth-order valence-electron chi connectivity index (χ4n) is 3.91. The molecule has 1 saturated carbocycles. The minimum atomic E-state index is 0.431. The van der Waals surface area contributed by atoms with Gasteiger partial charge in [-0.3, -0.25) is 9.88 Å². The quantitative estimate of drug-likeness (QED) is 0.914. The van der Waals surface area contributed by atoms with E-state index in [9.17, 15) is 0 Å². The van der Waals surface area contributed by atoms with Crippen molar-refractivity contribution in [2.75, 3.05) is 19.6 Å². The molecule has 110 valence electrons. The minimum absolute atomic E-state index is 0.431. The predicted octanol–water partition coefficient (Wildman–Crippen LogP) is 2.62. The maximum absolute atomic E-state index is 4.23. The average molecular weight is 273 g/mol. The van der Waals surface area contributed by atoms with Gasteiger partial charge >= 0.3 is 0 Å². The summed E-state index contributed by atoms with van der Waals surface area (Å²) in [5.41, 5.74) is 1.79. The van der Waals surface area contributed by atoms with E-state index < -0.39 is 0 Å². The molecule has 1 aromatic heterocycles. The van der Waals surface area contributed by atoms with E-state index in [0.717, 1.165) is 6.42 Å². The second-order valence-corrected chi connectivity index (χ2v) is 6.51. The molecule has 1 spiro atoms. The molecule has 20 heavy (non-hydrogen) atoms. The van der Waals surface area contributed by atoms with E-state index in [1.807, 2.05) is 18.5 Å². The molecule has 0 amide bonds. The molecule has 1 N–H and O–H groups in total. The molecule has 1 saturated heterocycles. The lowest BCUT2D eigenvalue weighted by atomic mass is 9.91. The van der Waals surface area contributed by atoms with Gasteiger partial charge in [0.15, 0.2) is 0 Å². The van der Waals surface area contributed by atoms with Crippen molar-refractivity contribution in [2.24, 2.45) is 0 Å². The normalized spacial score (nSPS) is 26.1. The van der Waals surface area contributed by atoms with Crippen molar-refractivity contribution < 1.29 is 0 Å². The van der Waals surface area contributed by atoms with E-state index in [2.05, 4.69) is 28.2 Å². The van der Waals surface area contributed by atoms with Crippen LogP contribution in [-0.2, 0) is 6.42 Å².